The lowest BCUT2D eigenvalue weighted by molar-refractivity contribution is 0.174. The molecule has 0 saturated carbocycles. The van der Waals surface area contributed by atoms with Crippen LogP contribution in [0.3, 0.4) is 0 Å². The third kappa shape index (κ3) is 2.38. The number of halogens is 1. The molecule has 1 spiro atoms. The van der Waals surface area contributed by atoms with Gasteiger partial charge in [0.05, 0.1) is 23.3 Å². The molecule has 0 amide bonds. The summed E-state index contributed by atoms with van der Waals surface area (Å²) in [5.41, 5.74) is 7.83. The van der Waals surface area contributed by atoms with E-state index >= 15 is 0 Å². The summed E-state index contributed by atoms with van der Waals surface area (Å²) in [6.45, 7) is 0.716. The van der Waals surface area contributed by atoms with Crippen molar-refractivity contribution >= 4 is 23.4 Å². The lowest BCUT2D eigenvalue weighted by Crippen LogP contribution is -2.51. The number of hydrogen-bond donors (Lipinski definition) is 1. The van der Waals surface area contributed by atoms with Gasteiger partial charge in [-0.05, 0) is 41.0 Å². The zero-order valence-corrected chi connectivity index (χ0v) is 17.0. The van der Waals surface area contributed by atoms with Crippen LogP contribution >= 0.6 is 0 Å². The van der Waals surface area contributed by atoms with Crippen molar-refractivity contribution in [3.63, 3.8) is 0 Å². The fourth-order valence-corrected chi connectivity index (χ4v) is 4.98. The molecule has 0 saturated heterocycles. The van der Waals surface area contributed by atoms with Gasteiger partial charge in [0.15, 0.2) is 11.5 Å². The van der Waals surface area contributed by atoms with Crippen molar-refractivity contribution in [3.8, 4) is 11.5 Å². The van der Waals surface area contributed by atoms with Crippen LogP contribution in [0.2, 0.25) is 0 Å². The Bertz CT molecular complexity index is 1320. The zero-order chi connectivity index (χ0) is 21.3. The number of aliphatic imine (C=N–C) groups is 1. The summed E-state index contributed by atoms with van der Waals surface area (Å²) in [5, 5.41) is 8.64. The second kappa shape index (κ2) is 6.30. The van der Waals surface area contributed by atoms with E-state index in [-0.39, 0.29) is 12.6 Å². The fourth-order valence-electron chi connectivity index (χ4n) is 4.98. The number of para-hydroxylation sites is 1. The monoisotopic (exact) mass is 427 g/mol. The highest BCUT2D eigenvalue weighted by Gasteiger charge is 2.49. The van der Waals surface area contributed by atoms with E-state index in [1.54, 1.807) is 12.1 Å². The molecule has 7 nitrogen and oxygen atoms in total. The Hall–Kier alpha value is -3.91. The Morgan fingerprint density at radius 2 is 1.81 bits per heavy atom. The molecule has 4 heterocycles. The SMILES string of the molecule is Fc1ccc(CN2NN=C3CC4(C=Nc5ccccc54)c4cc5c(cc4N32)OCO5)cc1. The minimum absolute atomic E-state index is 0.203. The molecule has 0 bridgehead atoms. The molecule has 32 heavy (non-hydrogen) atoms. The third-order valence-corrected chi connectivity index (χ3v) is 6.47. The maximum Gasteiger partial charge on any atom is 0.231 e. The van der Waals surface area contributed by atoms with Gasteiger partial charge in [0.25, 0.3) is 0 Å². The Balaban J connectivity index is 1.38. The molecule has 8 heteroatoms. The number of nitrogens with zero attached hydrogens (tertiary/aromatic N) is 4. The summed E-state index contributed by atoms with van der Waals surface area (Å²) in [6.07, 6.45) is 2.67. The smallest absolute Gasteiger partial charge is 0.231 e. The van der Waals surface area contributed by atoms with Gasteiger partial charge in [0.2, 0.25) is 6.79 Å². The van der Waals surface area contributed by atoms with E-state index in [9.17, 15) is 4.39 Å². The van der Waals surface area contributed by atoms with Crippen LogP contribution in [-0.4, -0.2) is 24.0 Å². The number of fused-ring (bicyclic) bond motifs is 7. The molecule has 3 aromatic carbocycles. The number of nitrogens with one attached hydrogen (secondary N) is 1. The average Bonchev–Trinajstić information content (AvgIpc) is 3.53. The van der Waals surface area contributed by atoms with Crippen molar-refractivity contribution in [1.29, 1.82) is 0 Å². The Morgan fingerprint density at radius 1 is 1.00 bits per heavy atom. The molecule has 0 fully saturated rings. The summed E-state index contributed by atoms with van der Waals surface area (Å²) >= 11 is 0. The van der Waals surface area contributed by atoms with Crippen molar-refractivity contribution in [3.05, 3.63) is 83.2 Å². The highest BCUT2D eigenvalue weighted by Crippen LogP contribution is 2.54. The van der Waals surface area contributed by atoms with Crippen molar-refractivity contribution in [2.45, 2.75) is 18.4 Å². The van der Waals surface area contributed by atoms with E-state index in [1.165, 1.54) is 12.1 Å². The predicted octanol–water partition coefficient (Wildman–Crippen LogP) is 4.02. The highest BCUT2D eigenvalue weighted by atomic mass is 19.1. The van der Waals surface area contributed by atoms with Gasteiger partial charge in [-0.25, -0.2) is 14.9 Å². The first-order valence-electron chi connectivity index (χ1n) is 10.4. The predicted molar refractivity (Wildman–Crippen MR) is 118 cm³/mol. The molecule has 1 atom stereocenters. The fraction of sp³-hybridized carbons (Fsp3) is 0.167. The van der Waals surface area contributed by atoms with Crippen LogP contribution in [0, 0.1) is 5.82 Å². The average molecular weight is 427 g/mol. The molecule has 158 valence electrons. The lowest BCUT2D eigenvalue weighted by Gasteiger charge is -2.41. The highest BCUT2D eigenvalue weighted by molar-refractivity contribution is 6.08. The Morgan fingerprint density at radius 3 is 2.69 bits per heavy atom. The van der Waals surface area contributed by atoms with E-state index in [1.807, 2.05) is 35.6 Å². The first kappa shape index (κ1) is 17.7. The summed E-state index contributed by atoms with van der Waals surface area (Å²) < 4.78 is 24.8. The van der Waals surface area contributed by atoms with Gasteiger partial charge in [-0.3, -0.25) is 4.99 Å². The number of hydrazone groups is 1. The van der Waals surface area contributed by atoms with Crippen LogP contribution in [0.15, 0.2) is 70.8 Å². The largest absolute Gasteiger partial charge is 0.454 e. The molecule has 0 aliphatic carbocycles. The standard InChI is InChI=1S/C24H18FN5O2/c25-16-7-5-15(6-8-16)12-29-28-27-23-11-24(13-26-19-4-2-1-3-17(19)24)18-9-21-22(32-14-31-21)10-20(18)30(23)29/h1-10,13,28H,11-12,14H2. The minimum Gasteiger partial charge on any atom is -0.454 e. The number of benzene rings is 3. The summed E-state index contributed by atoms with van der Waals surface area (Å²) in [4.78, 5) is 4.74. The molecule has 1 N–H and O–H groups in total. The first-order valence-corrected chi connectivity index (χ1v) is 10.4. The van der Waals surface area contributed by atoms with Crippen molar-refractivity contribution in [2.24, 2.45) is 10.1 Å². The van der Waals surface area contributed by atoms with Gasteiger partial charge in [0.1, 0.15) is 11.7 Å². The summed E-state index contributed by atoms with van der Waals surface area (Å²) in [7, 11) is 0. The van der Waals surface area contributed by atoms with Crippen LogP contribution in [0.1, 0.15) is 23.1 Å². The van der Waals surface area contributed by atoms with Crippen LogP contribution in [0.5, 0.6) is 11.5 Å². The minimum atomic E-state index is -0.435. The Labute approximate surface area is 183 Å². The first-order chi connectivity index (χ1) is 15.7. The van der Waals surface area contributed by atoms with Crippen molar-refractivity contribution in [2.75, 3.05) is 11.8 Å². The molecule has 0 radical (unpaired) electrons. The van der Waals surface area contributed by atoms with Crippen molar-refractivity contribution in [1.82, 2.24) is 10.7 Å². The molecule has 4 aliphatic rings. The van der Waals surface area contributed by atoms with E-state index in [4.69, 9.17) is 14.5 Å². The van der Waals surface area contributed by atoms with Gasteiger partial charge in [-0.1, -0.05) is 30.3 Å². The second-order valence-electron chi connectivity index (χ2n) is 8.27. The molecular formula is C24H18FN5O2. The number of anilines is 1. The zero-order valence-electron chi connectivity index (χ0n) is 17.0. The molecular weight excluding hydrogens is 409 g/mol. The van der Waals surface area contributed by atoms with Crippen LogP contribution < -0.4 is 20.0 Å². The third-order valence-electron chi connectivity index (χ3n) is 6.47. The van der Waals surface area contributed by atoms with E-state index in [0.29, 0.717) is 18.7 Å². The van der Waals surface area contributed by atoms with Crippen molar-refractivity contribution < 1.29 is 13.9 Å². The molecule has 0 aromatic heterocycles. The molecule has 3 aromatic rings. The molecule has 7 rings (SSSR count). The summed E-state index contributed by atoms with van der Waals surface area (Å²) in [6, 6.07) is 18.8. The van der Waals surface area contributed by atoms with Gasteiger partial charge in [0, 0.05) is 18.7 Å². The van der Waals surface area contributed by atoms with E-state index in [2.05, 4.69) is 27.8 Å². The Kier molecular flexibility index (Phi) is 3.49. The molecule has 4 aliphatic heterocycles. The van der Waals surface area contributed by atoms with Crippen LogP contribution in [0.25, 0.3) is 0 Å². The van der Waals surface area contributed by atoms with E-state index < -0.39 is 5.41 Å². The lowest BCUT2D eigenvalue weighted by atomic mass is 9.70. The van der Waals surface area contributed by atoms with Gasteiger partial charge in [-0.15, -0.1) is 10.2 Å². The van der Waals surface area contributed by atoms with Crippen LogP contribution in [0.4, 0.5) is 15.8 Å². The van der Waals surface area contributed by atoms with E-state index in [0.717, 1.165) is 39.7 Å². The van der Waals surface area contributed by atoms with Crippen LogP contribution in [-0.2, 0) is 12.0 Å². The maximum absolute atomic E-state index is 13.4. The second-order valence-corrected chi connectivity index (χ2v) is 8.27. The number of ether oxygens (including phenoxy) is 2. The van der Waals surface area contributed by atoms with Gasteiger partial charge >= 0.3 is 0 Å². The quantitative estimate of drug-likeness (QED) is 0.670. The number of rotatable bonds is 2. The number of hydrogen-bond acceptors (Lipinski definition) is 7. The number of hydrazine groups is 2. The molecule has 1 unspecified atom stereocenters. The van der Waals surface area contributed by atoms with Gasteiger partial charge in [-0.2, -0.15) is 0 Å². The number of amidine groups is 1. The maximum atomic E-state index is 13.4. The topological polar surface area (TPSA) is 61.7 Å². The van der Waals surface area contributed by atoms with Gasteiger partial charge < -0.3 is 9.47 Å². The normalized spacial score (nSPS) is 21.9. The summed E-state index contributed by atoms with van der Waals surface area (Å²) in [5.74, 6) is 2.06.